The van der Waals surface area contributed by atoms with Gasteiger partial charge in [-0.05, 0) is 54.5 Å². The molecule has 2 heterocycles. The molecule has 0 spiro atoms. The molecule has 2 aromatic heterocycles. The van der Waals surface area contributed by atoms with Crippen LogP contribution in [-0.4, -0.2) is 27.9 Å². The number of fused-ring (bicyclic) bond motifs is 1. The highest BCUT2D eigenvalue weighted by molar-refractivity contribution is 5.93. The summed E-state index contributed by atoms with van der Waals surface area (Å²) in [6.45, 7) is 12.5. The van der Waals surface area contributed by atoms with Gasteiger partial charge in [0.1, 0.15) is 17.8 Å². The van der Waals surface area contributed by atoms with E-state index in [4.69, 9.17) is 5.26 Å². The van der Waals surface area contributed by atoms with Gasteiger partial charge in [-0.3, -0.25) is 10.1 Å². The third kappa shape index (κ3) is 5.54. The van der Waals surface area contributed by atoms with E-state index in [-0.39, 0.29) is 5.69 Å². The highest BCUT2D eigenvalue weighted by atomic mass is 16.1. The number of anilines is 1. The molecule has 0 atom stereocenters. The van der Waals surface area contributed by atoms with Crippen LogP contribution in [0, 0.1) is 25.3 Å². The highest BCUT2D eigenvalue weighted by Crippen LogP contribution is 2.28. The van der Waals surface area contributed by atoms with Gasteiger partial charge in [-0.25, -0.2) is 15.0 Å². The van der Waals surface area contributed by atoms with Gasteiger partial charge in [-0.15, -0.1) is 0 Å². The number of carbonyl (C=O) groups excluding carboxylic acids is 1. The topological polar surface area (TPSA) is 104 Å². The molecule has 7 heteroatoms. The number of hydrogen-bond acceptors (Lipinski definition) is 6. The van der Waals surface area contributed by atoms with E-state index in [2.05, 4.69) is 67.0 Å². The van der Waals surface area contributed by atoms with Crippen molar-refractivity contribution in [3.8, 4) is 6.19 Å². The predicted molar refractivity (Wildman–Crippen MR) is 124 cm³/mol. The normalized spacial score (nSPS) is 10.5. The van der Waals surface area contributed by atoms with Crippen molar-refractivity contribution in [3.05, 3.63) is 58.7 Å². The lowest BCUT2D eigenvalue weighted by Gasteiger charge is -2.13. The Morgan fingerprint density at radius 1 is 1.00 bits per heavy atom. The lowest BCUT2D eigenvalue weighted by atomic mass is 9.96. The molecule has 3 aromatic rings. The largest absolute Gasteiger partial charge is 0.373 e. The lowest BCUT2D eigenvalue weighted by molar-refractivity contribution is 0.0967. The summed E-state index contributed by atoms with van der Waals surface area (Å²) in [7, 11) is 1.88. The SMILES string of the molecule is CNc1ncnc2c(C)c(C(C)C)ccc12.Cc1nc(C(=O)NC#N)ccc1C(C)C. The van der Waals surface area contributed by atoms with E-state index in [0.717, 1.165) is 28.0 Å². The summed E-state index contributed by atoms with van der Waals surface area (Å²) < 4.78 is 0. The molecular weight excluding hydrogens is 388 g/mol. The molecule has 0 bridgehead atoms. The summed E-state index contributed by atoms with van der Waals surface area (Å²) in [4.78, 5) is 24.0. The summed E-state index contributed by atoms with van der Waals surface area (Å²) in [5, 5.41) is 14.5. The van der Waals surface area contributed by atoms with Crippen LogP contribution < -0.4 is 10.6 Å². The van der Waals surface area contributed by atoms with Crippen LogP contribution in [0.3, 0.4) is 0 Å². The van der Waals surface area contributed by atoms with Gasteiger partial charge in [0.2, 0.25) is 0 Å². The van der Waals surface area contributed by atoms with Crippen LogP contribution in [0.1, 0.15) is 72.4 Å². The second-order valence-corrected chi connectivity index (χ2v) is 7.89. The number of carbonyl (C=O) groups is 1. The van der Waals surface area contributed by atoms with Crippen molar-refractivity contribution in [2.24, 2.45) is 0 Å². The number of pyridine rings is 1. The standard InChI is InChI=1S/C13H17N3.C11H13N3O/c1-8(2)10-5-6-11-12(9(10)3)15-7-16-13(11)14-4;1-7(2)9-4-5-10(14-8(9)3)11(15)13-6-12/h5-8H,1-4H3,(H,14,15,16);4-5,7H,1-3H3,(H,13,15). The predicted octanol–water partition coefficient (Wildman–Crippen LogP) is 4.83. The van der Waals surface area contributed by atoms with Crippen molar-refractivity contribution < 1.29 is 4.79 Å². The van der Waals surface area contributed by atoms with E-state index in [9.17, 15) is 4.79 Å². The summed E-state index contributed by atoms with van der Waals surface area (Å²) in [5.41, 5.74) is 5.88. The Morgan fingerprint density at radius 2 is 1.65 bits per heavy atom. The Morgan fingerprint density at radius 3 is 2.19 bits per heavy atom. The molecule has 0 aliphatic rings. The first kappa shape index (κ1) is 23.7. The second-order valence-electron chi connectivity index (χ2n) is 7.89. The minimum Gasteiger partial charge on any atom is -0.373 e. The zero-order valence-corrected chi connectivity index (χ0v) is 19.2. The van der Waals surface area contributed by atoms with Gasteiger partial charge < -0.3 is 5.32 Å². The zero-order chi connectivity index (χ0) is 23.1. The van der Waals surface area contributed by atoms with E-state index in [1.165, 1.54) is 11.1 Å². The number of nitriles is 1. The van der Waals surface area contributed by atoms with Crippen molar-refractivity contribution in [3.63, 3.8) is 0 Å². The molecule has 0 aliphatic carbocycles. The maximum absolute atomic E-state index is 11.3. The number of nitrogens with zero attached hydrogens (tertiary/aromatic N) is 4. The summed E-state index contributed by atoms with van der Waals surface area (Å²) >= 11 is 0. The van der Waals surface area contributed by atoms with Crippen molar-refractivity contribution in [1.82, 2.24) is 20.3 Å². The van der Waals surface area contributed by atoms with Gasteiger partial charge in [0.05, 0.1) is 5.52 Å². The Labute approximate surface area is 184 Å². The van der Waals surface area contributed by atoms with Crippen LogP contribution >= 0.6 is 0 Å². The van der Waals surface area contributed by atoms with E-state index >= 15 is 0 Å². The molecule has 0 unspecified atom stereocenters. The molecule has 0 fully saturated rings. The molecule has 7 nitrogen and oxygen atoms in total. The van der Waals surface area contributed by atoms with Gasteiger partial charge >= 0.3 is 0 Å². The fourth-order valence-electron chi connectivity index (χ4n) is 3.54. The van der Waals surface area contributed by atoms with Crippen LogP contribution in [0.5, 0.6) is 0 Å². The Balaban J connectivity index is 0.000000221. The molecule has 2 N–H and O–H groups in total. The third-order valence-electron chi connectivity index (χ3n) is 5.11. The molecule has 1 aromatic carbocycles. The molecular formula is C24H30N6O. The first-order valence-electron chi connectivity index (χ1n) is 10.3. The molecule has 31 heavy (non-hydrogen) atoms. The Bertz CT molecular complexity index is 1110. The first-order valence-corrected chi connectivity index (χ1v) is 10.3. The summed E-state index contributed by atoms with van der Waals surface area (Å²) in [6.07, 6.45) is 3.20. The highest BCUT2D eigenvalue weighted by Gasteiger charge is 2.11. The Kier molecular flexibility index (Phi) is 8.03. The number of rotatable bonds is 4. The number of aromatic nitrogens is 3. The van der Waals surface area contributed by atoms with Crippen molar-refractivity contribution >= 4 is 22.6 Å². The zero-order valence-electron chi connectivity index (χ0n) is 19.2. The van der Waals surface area contributed by atoms with Gasteiger partial charge in [0.25, 0.3) is 5.91 Å². The molecule has 0 saturated heterocycles. The monoisotopic (exact) mass is 418 g/mol. The maximum Gasteiger partial charge on any atom is 0.282 e. The van der Waals surface area contributed by atoms with E-state index in [0.29, 0.717) is 11.8 Å². The number of aryl methyl sites for hydroxylation is 2. The molecule has 1 amide bonds. The summed E-state index contributed by atoms with van der Waals surface area (Å²) in [6, 6.07) is 7.78. The molecule has 0 aliphatic heterocycles. The quantitative estimate of drug-likeness (QED) is 0.465. The fraction of sp³-hybridized carbons (Fsp3) is 0.375. The number of amides is 1. The van der Waals surface area contributed by atoms with E-state index in [1.807, 2.05) is 25.4 Å². The number of hydrogen-bond donors (Lipinski definition) is 2. The third-order valence-corrected chi connectivity index (χ3v) is 5.11. The van der Waals surface area contributed by atoms with Gasteiger partial charge in [-0.2, -0.15) is 5.26 Å². The smallest absolute Gasteiger partial charge is 0.282 e. The van der Waals surface area contributed by atoms with Crippen LogP contribution in [0.25, 0.3) is 10.9 Å². The maximum atomic E-state index is 11.3. The molecule has 0 saturated carbocycles. The van der Waals surface area contributed by atoms with Crippen LogP contribution in [0.2, 0.25) is 0 Å². The van der Waals surface area contributed by atoms with Crippen LogP contribution in [0.4, 0.5) is 5.82 Å². The van der Waals surface area contributed by atoms with Crippen molar-refractivity contribution in [2.75, 3.05) is 12.4 Å². The first-order chi connectivity index (χ1) is 14.7. The van der Waals surface area contributed by atoms with E-state index in [1.54, 1.807) is 18.6 Å². The number of nitrogens with one attached hydrogen (secondary N) is 2. The minimum absolute atomic E-state index is 0.276. The van der Waals surface area contributed by atoms with Crippen LogP contribution in [-0.2, 0) is 0 Å². The molecule has 162 valence electrons. The van der Waals surface area contributed by atoms with E-state index < -0.39 is 5.91 Å². The lowest BCUT2D eigenvalue weighted by Crippen LogP contribution is -2.19. The average molecular weight is 419 g/mol. The number of benzene rings is 1. The minimum atomic E-state index is -0.462. The second kappa shape index (κ2) is 10.5. The molecule has 0 radical (unpaired) electrons. The van der Waals surface area contributed by atoms with Gasteiger partial charge in [0, 0.05) is 18.1 Å². The van der Waals surface area contributed by atoms with Gasteiger partial charge in [0.15, 0.2) is 6.19 Å². The van der Waals surface area contributed by atoms with Gasteiger partial charge in [-0.1, -0.05) is 39.8 Å². The van der Waals surface area contributed by atoms with Crippen LogP contribution in [0.15, 0.2) is 30.6 Å². The van der Waals surface area contributed by atoms with Crippen molar-refractivity contribution in [2.45, 2.75) is 53.4 Å². The molecule has 3 rings (SSSR count). The average Bonchev–Trinajstić information content (AvgIpc) is 2.73. The summed E-state index contributed by atoms with van der Waals surface area (Å²) in [5.74, 6) is 1.34. The van der Waals surface area contributed by atoms with Crippen molar-refractivity contribution in [1.29, 1.82) is 5.26 Å². The fourth-order valence-corrected chi connectivity index (χ4v) is 3.54. The Hall–Kier alpha value is -3.53.